The van der Waals surface area contributed by atoms with Gasteiger partial charge in [-0.25, -0.2) is 0 Å². The van der Waals surface area contributed by atoms with Gasteiger partial charge in [0.15, 0.2) is 5.92 Å². The maximum Gasteiger partial charge on any atom is 0.321 e. The van der Waals surface area contributed by atoms with Crippen molar-refractivity contribution in [2.75, 3.05) is 0 Å². The average molecular weight is 242 g/mol. The Bertz CT molecular complexity index is 244. The second-order valence-corrected chi connectivity index (χ2v) is 4.14. The smallest absolute Gasteiger partial charge is 0.321 e. The van der Waals surface area contributed by atoms with Crippen molar-refractivity contribution in [1.82, 2.24) is 0 Å². The first-order valence-corrected chi connectivity index (χ1v) is 6.21. The summed E-state index contributed by atoms with van der Waals surface area (Å²) in [6.07, 6.45) is 10.7. The van der Waals surface area contributed by atoms with Crippen LogP contribution in [0.1, 0.15) is 51.9 Å². The Morgan fingerprint density at radius 2 is 1.53 bits per heavy atom. The number of unbranched alkanes of at least 4 members (excludes halogenated alkanes) is 6. The van der Waals surface area contributed by atoms with Gasteiger partial charge < -0.3 is 10.2 Å². The average Bonchev–Trinajstić information content (AvgIpc) is 2.26. The molecule has 0 heterocycles. The number of hydrogen-bond donors (Lipinski definition) is 2. The summed E-state index contributed by atoms with van der Waals surface area (Å²) in [4.78, 5) is 21.1. The first kappa shape index (κ1) is 15.7. The summed E-state index contributed by atoms with van der Waals surface area (Å²) in [7, 11) is 0. The van der Waals surface area contributed by atoms with Crippen molar-refractivity contribution < 1.29 is 19.8 Å². The van der Waals surface area contributed by atoms with Crippen LogP contribution in [0.4, 0.5) is 0 Å². The van der Waals surface area contributed by atoms with Crippen LogP contribution in [-0.2, 0) is 9.59 Å². The minimum absolute atomic E-state index is 0.753. The van der Waals surface area contributed by atoms with Crippen molar-refractivity contribution in [3.63, 3.8) is 0 Å². The molecule has 2 N–H and O–H groups in total. The molecule has 0 radical (unpaired) electrons. The molecular formula is C13H22O4. The van der Waals surface area contributed by atoms with Crippen LogP contribution in [0, 0.1) is 5.92 Å². The molecule has 0 aromatic rings. The lowest BCUT2D eigenvalue weighted by Gasteiger charge is -2.00. The molecule has 0 aliphatic rings. The molecule has 0 aromatic heterocycles. The highest BCUT2D eigenvalue weighted by molar-refractivity contribution is 5.94. The molecule has 0 aliphatic carbocycles. The number of rotatable bonds is 10. The maximum absolute atomic E-state index is 10.5. The molecule has 0 saturated carbocycles. The summed E-state index contributed by atoms with van der Waals surface area (Å²) < 4.78 is 0. The summed E-state index contributed by atoms with van der Waals surface area (Å²) in [5.41, 5.74) is 0. The van der Waals surface area contributed by atoms with Crippen molar-refractivity contribution in [3.8, 4) is 0 Å². The van der Waals surface area contributed by atoms with E-state index in [0.29, 0.717) is 0 Å². The molecule has 0 aromatic carbocycles. The predicted molar refractivity (Wildman–Crippen MR) is 65.9 cm³/mol. The Labute approximate surface area is 102 Å². The quantitative estimate of drug-likeness (QED) is 0.351. The first-order chi connectivity index (χ1) is 8.09. The third-order valence-corrected chi connectivity index (χ3v) is 2.58. The molecule has 0 saturated heterocycles. The molecule has 0 bridgehead atoms. The van der Waals surface area contributed by atoms with Crippen molar-refractivity contribution in [1.29, 1.82) is 0 Å². The van der Waals surface area contributed by atoms with Gasteiger partial charge in [0.05, 0.1) is 0 Å². The normalized spacial score (nSPS) is 11.2. The van der Waals surface area contributed by atoms with Gasteiger partial charge in [-0.3, -0.25) is 9.59 Å². The van der Waals surface area contributed by atoms with Gasteiger partial charge in [-0.15, -0.1) is 0 Å². The second-order valence-electron chi connectivity index (χ2n) is 4.14. The molecule has 0 unspecified atom stereocenters. The number of aliphatic carboxylic acids is 2. The van der Waals surface area contributed by atoms with Gasteiger partial charge in [-0.1, -0.05) is 51.2 Å². The zero-order valence-electron chi connectivity index (χ0n) is 10.4. The molecular weight excluding hydrogens is 220 g/mol. The van der Waals surface area contributed by atoms with Crippen LogP contribution >= 0.6 is 0 Å². The van der Waals surface area contributed by atoms with E-state index in [1.807, 2.05) is 0 Å². The Kier molecular flexibility index (Phi) is 9.11. The van der Waals surface area contributed by atoms with Crippen LogP contribution in [0.3, 0.4) is 0 Å². The third-order valence-electron chi connectivity index (χ3n) is 2.58. The Hall–Kier alpha value is -1.32. The largest absolute Gasteiger partial charge is 0.480 e. The highest BCUT2D eigenvalue weighted by Crippen LogP contribution is 2.08. The molecule has 0 amide bonds. The summed E-state index contributed by atoms with van der Waals surface area (Å²) in [5.74, 6) is -4.02. The SMILES string of the molecule is CCCCCCCC/C=C/C(C(=O)O)C(=O)O. The van der Waals surface area contributed by atoms with Gasteiger partial charge >= 0.3 is 11.9 Å². The zero-order valence-corrected chi connectivity index (χ0v) is 10.4. The Morgan fingerprint density at radius 3 is 2.06 bits per heavy atom. The lowest BCUT2D eigenvalue weighted by molar-refractivity contribution is -0.151. The van der Waals surface area contributed by atoms with Crippen LogP contribution in [0.15, 0.2) is 12.2 Å². The molecule has 0 atom stereocenters. The molecule has 0 spiro atoms. The van der Waals surface area contributed by atoms with Gasteiger partial charge in [0.1, 0.15) is 0 Å². The highest BCUT2D eigenvalue weighted by atomic mass is 16.4. The number of carbonyl (C=O) groups is 2. The summed E-state index contributed by atoms with van der Waals surface area (Å²) in [6, 6.07) is 0. The summed E-state index contributed by atoms with van der Waals surface area (Å²) in [5, 5.41) is 17.2. The molecule has 98 valence electrons. The zero-order chi connectivity index (χ0) is 13.1. The number of allylic oxidation sites excluding steroid dienone is 1. The van der Waals surface area contributed by atoms with E-state index in [-0.39, 0.29) is 0 Å². The minimum Gasteiger partial charge on any atom is -0.480 e. The van der Waals surface area contributed by atoms with Gasteiger partial charge in [-0.05, 0) is 12.8 Å². The van der Waals surface area contributed by atoms with Crippen LogP contribution in [0.25, 0.3) is 0 Å². The Balaban J connectivity index is 3.65. The van der Waals surface area contributed by atoms with E-state index in [2.05, 4.69) is 6.92 Å². The fraction of sp³-hybridized carbons (Fsp3) is 0.692. The van der Waals surface area contributed by atoms with E-state index >= 15 is 0 Å². The molecule has 0 rings (SSSR count). The molecule has 4 nitrogen and oxygen atoms in total. The number of carboxylic acids is 2. The standard InChI is InChI=1S/C13H22O4/c1-2-3-4-5-6-7-8-9-10-11(12(14)15)13(16)17/h9-11H,2-8H2,1H3,(H,14,15)(H,16,17)/b10-9+. The van der Waals surface area contributed by atoms with Crippen LogP contribution < -0.4 is 0 Å². The minimum atomic E-state index is -1.41. The van der Waals surface area contributed by atoms with E-state index in [4.69, 9.17) is 10.2 Å². The fourth-order valence-electron chi connectivity index (χ4n) is 1.55. The van der Waals surface area contributed by atoms with Gasteiger partial charge in [0.2, 0.25) is 0 Å². The van der Waals surface area contributed by atoms with Crippen molar-refractivity contribution in [2.45, 2.75) is 51.9 Å². The van der Waals surface area contributed by atoms with E-state index in [1.54, 1.807) is 6.08 Å². The summed E-state index contributed by atoms with van der Waals surface area (Å²) in [6.45, 7) is 2.17. The van der Waals surface area contributed by atoms with Crippen LogP contribution in [0.5, 0.6) is 0 Å². The summed E-state index contributed by atoms with van der Waals surface area (Å²) >= 11 is 0. The molecule has 0 aliphatic heterocycles. The lowest BCUT2D eigenvalue weighted by Crippen LogP contribution is -2.20. The lowest BCUT2D eigenvalue weighted by atomic mass is 10.1. The topological polar surface area (TPSA) is 74.6 Å². The van der Waals surface area contributed by atoms with E-state index in [1.165, 1.54) is 31.8 Å². The maximum atomic E-state index is 10.5. The van der Waals surface area contributed by atoms with Gasteiger partial charge in [0, 0.05) is 0 Å². The van der Waals surface area contributed by atoms with Gasteiger partial charge in [-0.2, -0.15) is 0 Å². The second kappa shape index (κ2) is 9.87. The monoisotopic (exact) mass is 242 g/mol. The highest BCUT2D eigenvalue weighted by Gasteiger charge is 2.21. The Morgan fingerprint density at radius 1 is 1.00 bits per heavy atom. The van der Waals surface area contributed by atoms with Crippen molar-refractivity contribution in [3.05, 3.63) is 12.2 Å². The van der Waals surface area contributed by atoms with E-state index in [0.717, 1.165) is 19.3 Å². The predicted octanol–water partition coefficient (Wildman–Crippen LogP) is 3.08. The molecule has 17 heavy (non-hydrogen) atoms. The number of hydrogen-bond acceptors (Lipinski definition) is 2. The van der Waals surface area contributed by atoms with Crippen molar-refractivity contribution >= 4 is 11.9 Å². The van der Waals surface area contributed by atoms with E-state index < -0.39 is 17.9 Å². The fourth-order valence-corrected chi connectivity index (χ4v) is 1.55. The molecule has 4 heteroatoms. The van der Waals surface area contributed by atoms with Gasteiger partial charge in [0.25, 0.3) is 0 Å². The number of carboxylic acid groups (broad SMARTS) is 2. The third kappa shape index (κ3) is 8.48. The first-order valence-electron chi connectivity index (χ1n) is 6.21. The van der Waals surface area contributed by atoms with E-state index in [9.17, 15) is 9.59 Å². The molecule has 0 fully saturated rings. The van der Waals surface area contributed by atoms with Crippen LogP contribution in [-0.4, -0.2) is 22.2 Å². The van der Waals surface area contributed by atoms with Crippen molar-refractivity contribution in [2.24, 2.45) is 5.92 Å². The van der Waals surface area contributed by atoms with Crippen LogP contribution in [0.2, 0.25) is 0 Å².